The summed E-state index contributed by atoms with van der Waals surface area (Å²) in [5.74, 6) is -0.635. The number of nitrogens with one attached hydrogen (secondary N) is 2. The lowest BCUT2D eigenvalue weighted by molar-refractivity contribution is -0.137. The van der Waals surface area contributed by atoms with E-state index in [1.165, 1.54) is 0 Å². The van der Waals surface area contributed by atoms with E-state index in [2.05, 4.69) is 5.32 Å². The highest BCUT2D eigenvalue weighted by molar-refractivity contribution is 7.89. The van der Waals surface area contributed by atoms with Gasteiger partial charge in [0.1, 0.15) is 0 Å². The second-order valence-electron chi connectivity index (χ2n) is 5.70. The van der Waals surface area contributed by atoms with Gasteiger partial charge in [-0.25, -0.2) is 13.1 Å². The van der Waals surface area contributed by atoms with Crippen molar-refractivity contribution in [1.82, 2.24) is 4.72 Å². The van der Waals surface area contributed by atoms with Gasteiger partial charge in [0.2, 0.25) is 15.9 Å². The van der Waals surface area contributed by atoms with Gasteiger partial charge in [0.25, 0.3) is 0 Å². The Kier molecular flexibility index (Phi) is 5.72. The van der Waals surface area contributed by atoms with Crippen molar-refractivity contribution in [2.45, 2.75) is 24.9 Å². The molecule has 0 bridgehead atoms. The molecule has 2 N–H and O–H groups in total. The molecular weight excluding hydrogens is 369 g/mol. The van der Waals surface area contributed by atoms with Crippen molar-refractivity contribution in [2.75, 3.05) is 11.9 Å². The van der Waals surface area contributed by atoms with Gasteiger partial charge >= 0.3 is 6.18 Å². The third-order valence-electron chi connectivity index (χ3n) is 3.69. The van der Waals surface area contributed by atoms with Crippen LogP contribution >= 0.6 is 0 Å². The first kappa shape index (κ1) is 19.9. The summed E-state index contributed by atoms with van der Waals surface area (Å²) in [6.45, 7) is 3.16. The summed E-state index contributed by atoms with van der Waals surface area (Å²) in [5, 5.41) is 2.52. The van der Waals surface area contributed by atoms with Gasteiger partial charge in [0.05, 0.1) is 17.0 Å². The summed E-state index contributed by atoms with van der Waals surface area (Å²) in [6, 6.07) is 8.51. The fourth-order valence-electron chi connectivity index (χ4n) is 2.11. The number of carbonyl (C=O) groups is 1. The maximum Gasteiger partial charge on any atom is 0.416 e. The van der Waals surface area contributed by atoms with Crippen molar-refractivity contribution >= 4 is 21.6 Å². The Bertz CT molecular complexity index is 925. The zero-order chi connectivity index (χ0) is 19.5. The third kappa shape index (κ3) is 5.06. The Labute approximate surface area is 149 Å². The molecule has 0 saturated carbocycles. The van der Waals surface area contributed by atoms with E-state index in [-0.39, 0.29) is 0 Å². The van der Waals surface area contributed by atoms with E-state index in [4.69, 9.17) is 0 Å². The summed E-state index contributed by atoms with van der Waals surface area (Å²) in [5.41, 5.74) is 1.40. The molecule has 0 atom stereocenters. The molecule has 9 heteroatoms. The monoisotopic (exact) mass is 386 g/mol. The molecule has 0 aliphatic carbocycles. The molecule has 2 aromatic rings. The van der Waals surface area contributed by atoms with Gasteiger partial charge < -0.3 is 5.32 Å². The van der Waals surface area contributed by atoms with Gasteiger partial charge in [-0.3, -0.25) is 4.79 Å². The van der Waals surface area contributed by atoms with E-state index in [0.717, 1.165) is 29.3 Å². The normalized spacial score (nSPS) is 12.0. The number of rotatable bonds is 5. The predicted octanol–water partition coefficient (Wildman–Crippen LogP) is 3.24. The second kappa shape index (κ2) is 7.46. The molecule has 2 aromatic carbocycles. The molecule has 0 heterocycles. The van der Waals surface area contributed by atoms with Gasteiger partial charge in [0, 0.05) is 5.69 Å². The van der Waals surface area contributed by atoms with Crippen molar-refractivity contribution in [1.29, 1.82) is 0 Å². The number of halogens is 3. The number of amides is 1. The highest BCUT2D eigenvalue weighted by Crippen LogP contribution is 2.30. The molecule has 0 spiro atoms. The minimum absolute atomic E-state index is 0.497. The highest BCUT2D eigenvalue weighted by Gasteiger charge is 2.31. The summed E-state index contributed by atoms with van der Waals surface area (Å²) in [7, 11) is -4.26. The van der Waals surface area contributed by atoms with E-state index >= 15 is 0 Å². The van der Waals surface area contributed by atoms with Crippen LogP contribution in [0.1, 0.15) is 16.7 Å². The van der Waals surface area contributed by atoms with Crippen molar-refractivity contribution in [3.63, 3.8) is 0 Å². The van der Waals surface area contributed by atoms with Crippen LogP contribution in [0.4, 0.5) is 18.9 Å². The molecule has 0 aliphatic heterocycles. The average Bonchev–Trinajstić information content (AvgIpc) is 2.56. The predicted molar refractivity (Wildman–Crippen MR) is 91.2 cm³/mol. The zero-order valence-electron chi connectivity index (χ0n) is 14.0. The molecule has 0 radical (unpaired) electrons. The molecule has 0 aromatic heterocycles. The molecule has 0 aliphatic rings. The van der Waals surface area contributed by atoms with Gasteiger partial charge in [-0.15, -0.1) is 0 Å². The lowest BCUT2D eigenvalue weighted by Crippen LogP contribution is -2.33. The second-order valence-corrected chi connectivity index (χ2v) is 7.46. The Hall–Kier alpha value is -2.39. The molecule has 26 heavy (non-hydrogen) atoms. The minimum Gasteiger partial charge on any atom is -0.325 e. The van der Waals surface area contributed by atoms with Crippen molar-refractivity contribution in [2.24, 2.45) is 0 Å². The summed E-state index contributed by atoms with van der Waals surface area (Å²) < 4.78 is 64.3. The fourth-order valence-corrected chi connectivity index (χ4v) is 3.14. The molecule has 0 fully saturated rings. The Morgan fingerprint density at radius 1 is 1.04 bits per heavy atom. The Morgan fingerprint density at radius 2 is 1.73 bits per heavy atom. The van der Waals surface area contributed by atoms with E-state index in [9.17, 15) is 26.4 Å². The van der Waals surface area contributed by atoms with E-state index < -0.39 is 39.1 Å². The quantitative estimate of drug-likeness (QED) is 0.828. The smallest absolute Gasteiger partial charge is 0.325 e. The average molecular weight is 386 g/mol. The van der Waals surface area contributed by atoms with Gasteiger partial charge in [0.15, 0.2) is 0 Å². The number of benzene rings is 2. The number of sulfonamides is 1. The fraction of sp³-hybridized carbons (Fsp3) is 0.235. The van der Waals surface area contributed by atoms with Crippen LogP contribution in [0.15, 0.2) is 47.4 Å². The minimum atomic E-state index is -4.66. The maximum atomic E-state index is 12.7. The van der Waals surface area contributed by atoms with Crippen molar-refractivity contribution < 1.29 is 26.4 Å². The molecule has 0 saturated heterocycles. The number of hydrogen-bond acceptors (Lipinski definition) is 3. The summed E-state index contributed by atoms with van der Waals surface area (Å²) >= 11 is 0. The Balaban J connectivity index is 2.05. The van der Waals surface area contributed by atoms with Crippen LogP contribution in [0, 0.1) is 13.8 Å². The number of anilines is 1. The molecular formula is C17H17F3N2O3S. The number of hydrogen-bond donors (Lipinski definition) is 2. The van der Waals surface area contributed by atoms with Crippen LogP contribution in [-0.2, 0) is 21.0 Å². The lowest BCUT2D eigenvalue weighted by Gasteiger charge is -2.11. The highest BCUT2D eigenvalue weighted by atomic mass is 32.2. The van der Waals surface area contributed by atoms with Crippen LogP contribution in [0.3, 0.4) is 0 Å². The van der Waals surface area contributed by atoms with Crippen LogP contribution in [-0.4, -0.2) is 20.9 Å². The largest absolute Gasteiger partial charge is 0.416 e. The maximum absolute atomic E-state index is 12.7. The van der Waals surface area contributed by atoms with E-state index in [1.807, 2.05) is 18.6 Å². The molecule has 0 unspecified atom stereocenters. The van der Waals surface area contributed by atoms with Crippen LogP contribution < -0.4 is 10.0 Å². The SMILES string of the molecule is Cc1ccc(NC(=O)CNS(=O)(=O)c2cccc(C(F)(F)F)c2)cc1C. The first-order valence-corrected chi connectivity index (χ1v) is 9.01. The Morgan fingerprint density at radius 3 is 2.35 bits per heavy atom. The van der Waals surface area contributed by atoms with Crippen LogP contribution in [0.25, 0.3) is 0 Å². The van der Waals surface area contributed by atoms with Gasteiger partial charge in [-0.2, -0.15) is 13.2 Å². The zero-order valence-corrected chi connectivity index (χ0v) is 14.8. The van der Waals surface area contributed by atoms with Gasteiger partial charge in [-0.05, 0) is 55.3 Å². The standard InChI is InChI=1S/C17H17F3N2O3S/c1-11-6-7-14(8-12(11)2)22-16(23)10-21-26(24,25)15-5-3-4-13(9-15)17(18,19)20/h3-9,21H,10H2,1-2H3,(H,22,23). The van der Waals surface area contributed by atoms with Gasteiger partial charge in [-0.1, -0.05) is 12.1 Å². The third-order valence-corrected chi connectivity index (χ3v) is 5.08. The number of aryl methyl sites for hydroxylation is 2. The molecule has 1 amide bonds. The number of carbonyl (C=O) groups excluding carboxylic acids is 1. The topological polar surface area (TPSA) is 75.3 Å². The first-order valence-electron chi connectivity index (χ1n) is 7.53. The summed E-state index contributed by atoms with van der Waals surface area (Å²) in [4.78, 5) is 11.3. The molecule has 2 rings (SSSR count). The van der Waals surface area contributed by atoms with Crippen LogP contribution in [0.5, 0.6) is 0 Å². The first-order chi connectivity index (χ1) is 12.0. The molecule has 140 valence electrons. The molecule has 5 nitrogen and oxygen atoms in total. The van der Waals surface area contributed by atoms with E-state index in [0.29, 0.717) is 11.8 Å². The summed E-state index contributed by atoms with van der Waals surface area (Å²) in [6.07, 6.45) is -4.66. The van der Waals surface area contributed by atoms with Crippen molar-refractivity contribution in [3.8, 4) is 0 Å². The lowest BCUT2D eigenvalue weighted by atomic mass is 10.1. The number of alkyl halides is 3. The van der Waals surface area contributed by atoms with Crippen molar-refractivity contribution in [3.05, 3.63) is 59.2 Å². The van der Waals surface area contributed by atoms with Crippen LogP contribution in [0.2, 0.25) is 0 Å². The van der Waals surface area contributed by atoms with E-state index in [1.54, 1.807) is 18.2 Å².